The first kappa shape index (κ1) is 28.7. The molecule has 1 unspecified atom stereocenters. The lowest BCUT2D eigenvalue weighted by Gasteiger charge is -2.36. The monoisotopic (exact) mass is 543 g/mol. The molecule has 39 heavy (non-hydrogen) atoms. The maximum Gasteiger partial charge on any atom is 0.191 e. The second-order valence-electron chi connectivity index (χ2n) is 11.6. The number of rotatable bonds is 11. The van der Waals surface area contributed by atoms with Crippen LogP contribution in [0.2, 0.25) is 18.1 Å². The Morgan fingerprint density at radius 2 is 1.64 bits per heavy atom. The van der Waals surface area contributed by atoms with Gasteiger partial charge in [-0.2, -0.15) is 5.10 Å². The van der Waals surface area contributed by atoms with Gasteiger partial charge >= 0.3 is 0 Å². The molecule has 1 atom stereocenters. The summed E-state index contributed by atoms with van der Waals surface area (Å²) in [6.07, 6.45) is 0.929. The molecule has 1 heterocycles. The highest BCUT2D eigenvalue weighted by Gasteiger charge is 2.36. The molecule has 4 rings (SSSR count). The third kappa shape index (κ3) is 7.44. The van der Waals surface area contributed by atoms with Gasteiger partial charge in [0.05, 0.1) is 0 Å². The summed E-state index contributed by atoms with van der Waals surface area (Å²) in [5.74, 6) is 1.81. The van der Waals surface area contributed by atoms with Crippen LogP contribution in [0.1, 0.15) is 55.8 Å². The average Bonchev–Trinajstić information content (AvgIpc) is 3.31. The molecule has 0 amide bonds. The standard InChI is InChI=1S/C32H41N3O3Si/c1-32(2,3)39(5,6)38-20-12-16-24-15-10-17-26(21-24)29(36)30-33-31(35(4)34-30)27-18-11-19-28(22-27)37-23-25-13-8-7-9-14-25/h7-11,13-15,17-19,21-22,29,36H,12,16,20,23H2,1-6H3. The molecular weight excluding hydrogens is 502 g/mol. The van der Waals surface area contributed by atoms with Crippen molar-refractivity contribution < 1.29 is 14.3 Å². The molecule has 0 spiro atoms. The third-order valence-corrected chi connectivity index (χ3v) is 12.0. The van der Waals surface area contributed by atoms with Crippen molar-refractivity contribution in [2.75, 3.05) is 6.61 Å². The van der Waals surface area contributed by atoms with E-state index in [4.69, 9.17) is 14.1 Å². The van der Waals surface area contributed by atoms with Crippen molar-refractivity contribution in [2.45, 2.75) is 64.5 Å². The Kier molecular flexibility index (Phi) is 9.05. The fraction of sp³-hybridized carbons (Fsp3) is 0.375. The van der Waals surface area contributed by atoms with Gasteiger partial charge in [0.1, 0.15) is 18.5 Å². The summed E-state index contributed by atoms with van der Waals surface area (Å²) >= 11 is 0. The van der Waals surface area contributed by atoms with Crippen molar-refractivity contribution in [2.24, 2.45) is 7.05 Å². The average molecular weight is 544 g/mol. The van der Waals surface area contributed by atoms with E-state index in [9.17, 15) is 5.11 Å². The number of aryl methyl sites for hydroxylation is 2. The number of aliphatic hydroxyl groups excluding tert-OH is 1. The summed E-state index contributed by atoms with van der Waals surface area (Å²) in [7, 11) is 0.104. The molecule has 0 saturated carbocycles. The van der Waals surface area contributed by atoms with E-state index in [0.29, 0.717) is 18.3 Å². The SMILES string of the molecule is Cn1nc(C(O)c2cccc(CCCO[Si](C)(C)C(C)(C)C)c2)nc1-c1cccc(OCc2ccccc2)c1. The summed E-state index contributed by atoms with van der Waals surface area (Å²) in [6.45, 7) is 12.6. The van der Waals surface area contributed by atoms with Gasteiger partial charge in [-0.3, -0.25) is 0 Å². The molecule has 1 N–H and O–H groups in total. The number of hydrogen-bond acceptors (Lipinski definition) is 5. The second-order valence-corrected chi connectivity index (χ2v) is 16.4. The molecular formula is C32H41N3O3Si. The van der Waals surface area contributed by atoms with Crippen LogP contribution in [-0.4, -0.2) is 34.8 Å². The van der Waals surface area contributed by atoms with Crippen molar-refractivity contribution in [3.63, 3.8) is 0 Å². The molecule has 0 aliphatic rings. The van der Waals surface area contributed by atoms with Gasteiger partial charge in [-0.1, -0.05) is 87.5 Å². The van der Waals surface area contributed by atoms with Crippen LogP contribution < -0.4 is 4.74 Å². The van der Waals surface area contributed by atoms with Crippen LogP contribution in [0.5, 0.6) is 5.75 Å². The van der Waals surface area contributed by atoms with Gasteiger partial charge in [0.2, 0.25) is 0 Å². The molecule has 7 heteroatoms. The van der Waals surface area contributed by atoms with E-state index in [-0.39, 0.29) is 5.04 Å². The zero-order valence-electron chi connectivity index (χ0n) is 24.0. The zero-order valence-corrected chi connectivity index (χ0v) is 25.0. The maximum absolute atomic E-state index is 11.2. The van der Waals surface area contributed by atoms with Gasteiger partial charge in [0.15, 0.2) is 20.0 Å². The normalized spacial score (nSPS) is 12.9. The first-order valence-corrected chi connectivity index (χ1v) is 16.5. The molecule has 0 aliphatic carbocycles. The maximum atomic E-state index is 11.2. The number of ether oxygens (including phenoxy) is 1. The smallest absolute Gasteiger partial charge is 0.191 e. The number of aliphatic hydroxyl groups is 1. The van der Waals surface area contributed by atoms with E-state index in [2.05, 4.69) is 45.0 Å². The van der Waals surface area contributed by atoms with Crippen LogP contribution >= 0.6 is 0 Å². The summed E-state index contributed by atoms with van der Waals surface area (Å²) in [5, 5.41) is 15.9. The molecule has 1 aromatic heterocycles. The summed E-state index contributed by atoms with van der Waals surface area (Å²) in [4.78, 5) is 4.70. The van der Waals surface area contributed by atoms with Crippen molar-refractivity contribution in [3.8, 4) is 17.1 Å². The minimum absolute atomic E-state index is 0.210. The van der Waals surface area contributed by atoms with E-state index in [1.165, 1.54) is 5.56 Å². The van der Waals surface area contributed by atoms with Gasteiger partial charge in [0.25, 0.3) is 0 Å². The lowest BCUT2D eigenvalue weighted by molar-refractivity contribution is 0.209. The Labute approximate surface area is 233 Å². The third-order valence-electron chi connectivity index (χ3n) is 7.51. The lowest BCUT2D eigenvalue weighted by Crippen LogP contribution is -2.41. The topological polar surface area (TPSA) is 69.4 Å². The van der Waals surface area contributed by atoms with Crippen LogP contribution in [0.4, 0.5) is 0 Å². The highest BCUT2D eigenvalue weighted by Crippen LogP contribution is 2.36. The van der Waals surface area contributed by atoms with Crippen molar-refractivity contribution in [1.29, 1.82) is 0 Å². The van der Waals surface area contributed by atoms with E-state index >= 15 is 0 Å². The van der Waals surface area contributed by atoms with E-state index in [0.717, 1.165) is 41.9 Å². The molecule has 0 bridgehead atoms. The molecule has 0 aliphatic heterocycles. The minimum atomic E-state index is -1.74. The van der Waals surface area contributed by atoms with Crippen LogP contribution in [0, 0.1) is 0 Å². The first-order valence-electron chi connectivity index (χ1n) is 13.6. The van der Waals surface area contributed by atoms with Gasteiger partial charge in [-0.25, -0.2) is 9.67 Å². The summed E-state index contributed by atoms with van der Waals surface area (Å²) in [6, 6.07) is 25.9. The highest BCUT2D eigenvalue weighted by atomic mass is 28.4. The molecule has 0 radical (unpaired) electrons. The second kappa shape index (κ2) is 12.3. The predicted octanol–water partition coefficient (Wildman–Crippen LogP) is 7.10. The van der Waals surface area contributed by atoms with E-state index in [1.54, 1.807) is 4.68 Å². The Hall–Kier alpha value is -3.26. The Morgan fingerprint density at radius 3 is 2.38 bits per heavy atom. The lowest BCUT2D eigenvalue weighted by atomic mass is 10.0. The van der Waals surface area contributed by atoms with Crippen molar-refractivity contribution in [1.82, 2.24) is 14.8 Å². The summed E-state index contributed by atoms with van der Waals surface area (Å²) in [5.41, 5.74) is 3.95. The fourth-order valence-corrected chi connectivity index (χ4v) is 5.21. The predicted molar refractivity (Wildman–Crippen MR) is 159 cm³/mol. The first-order chi connectivity index (χ1) is 18.5. The highest BCUT2D eigenvalue weighted by molar-refractivity contribution is 6.74. The molecule has 3 aromatic carbocycles. The Balaban J connectivity index is 1.41. The molecule has 0 saturated heterocycles. The summed E-state index contributed by atoms with van der Waals surface area (Å²) < 4.78 is 14.0. The number of nitrogens with zero attached hydrogens (tertiary/aromatic N) is 3. The number of hydrogen-bond donors (Lipinski definition) is 1. The minimum Gasteiger partial charge on any atom is -0.489 e. The van der Waals surface area contributed by atoms with Crippen LogP contribution in [-0.2, 0) is 24.5 Å². The van der Waals surface area contributed by atoms with Crippen LogP contribution in [0.3, 0.4) is 0 Å². The van der Waals surface area contributed by atoms with Crippen molar-refractivity contribution >= 4 is 8.32 Å². The quantitative estimate of drug-likeness (QED) is 0.161. The Morgan fingerprint density at radius 1 is 0.923 bits per heavy atom. The van der Waals surface area contributed by atoms with E-state index < -0.39 is 14.4 Å². The molecule has 4 aromatic rings. The number of aromatic nitrogens is 3. The van der Waals surface area contributed by atoms with Crippen LogP contribution in [0.15, 0.2) is 78.9 Å². The van der Waals surface area contributed by atoms with Gasteiger partial charge in [0, 0.05) is 19.2 Å². The molecule has 206 valence electrons. The fourth-order valence-electron chi connectivity index (χ4n) is 4.13. The molecule has 0 fully saturated rings. The van der Waals surface area contributed by atoms with Crippen molar-refractivity contribution in [3.05, 3.63) is 101 Å². The van der Waals surface area contributed by atoms with Crippen LogP contribution in [0.25, 0.3) is 11.4 Å². The number of benzene rings is 3. The van der Waals surface area contributed by atoms with E-state index in [1.807, 2.05) is 79.8 Å². The van der Waals surface area contributed by atoms with Gasteiger partial charge in [-0.15, -0.1) is 0 Å². The molecule has 6 nitrogen and oxygen atoms in total. The van der Waals surface area contributed by atoms with Gasteiger partial charge in [-0.05, 0) is 59.8 Å². The Bertz CT molecular complexity index is 1360. The van der Waals surface area contributed by atoms with Gasteiger partial charge < -0.3 is 14.3 Å². The largest absolute Gasteiger partial charge is 0.489 e. The zero-order chi connectivity index (χ0) is 28.0.